The summed E-state index contributed by atoms with van der Waals surface area (Å²) in [7, 11) is 0. The van der Waals surface area contributed by atoms with Crippen LogP contribution in [0, 0.1) is 5.41 Å². The lowest BCUT2D eigenvalue weighted by Crippen LogP contribution is -2.14. The van der Waals surface area contributed by atoms with Crippen LogP contribution in [0.1, 0.15) is 25.3 Å². The highest BCUT2D eigenvalue weighted by molar-refractivity contribution is 5.96. The van der Waals surface area contributed by atoms with Gasteiger partial charge in [0.1, 0.15) is 5.75 Å². The van der Waals surface area contributed by atoms with Gasteiger partial charge in [0.15, 0.2) is 0 Å². The Morgan fingerprint density at radius 1 is 0.686 bits per heavy atom. The summed E-state index contributed by atoms with van der Waals surface area (Å²) in [4.78, 5) is 2.64. The number of nitrogens with one attached hydrogen (secondary N) is 1. The van der Waals surface area contributed by atoms with Gasteiger partial charge in [0.05, 0.1) is 79.3 Å². The highest BCUT2D eigenvalue weighted by atomic mass is 16.6. The first kappa shape index (κ1) is 30.8. The normalized spacial score (nSPS) is 10.8. The predicted molar refractivity (Wildman–Crippen MR) is 133 cm³/mol. The molecule has 11 heteroatoms. The zero-order valence-electron chi connectivity index (χ0n) is 20.8. The fourth-order valence-corrected chi connectivity index (χ4v) is 2.65. The van der Waals surface area contributed by atoms with E-state index in [2.05, 4.69) is 10.0 Å². The van der Waals surface area contributed by atoms with Gasteiger partial charge in [-0.25, -0.2) is 0 Å². The molecule has 0 spiro atoms. The van der Waals surface area contributed by atoms with E-state index in [0.717, 1.165) is 24.2 Å². The molecule has 0 saturated heterocycles. The van der Waals surface area contributed by atoms with E-state index in [1.54, 1.807) is 6.92 Å². The Bertz CT molecular complexity index is 685. The van der Waals surface area contributed by atoms with Gasteiger partial charge >= 0.3 is 0 Å². The first-order valence-electron chi connectivity index (χ1n) is 12.0. The maximum absolute atomic E-state index is 8.11. The molecule has 35 heavy (non-hydrogen) atoms. The van der Waals surface area contributed by atoms with Gasteiger partial charge in [-0.3, -0.25) is 0 Å². The Morgan fingerprint density at radius 3 is 1.57 bits per heavy atom. The summed E-state index contributed by atoms with van der Waals surface area (Å²) in [6, 6.07) is 7.59. The fraction of sp³-hybridized carbons (Fsp3) is 0.708. The summed E-state index contributed by atoms with van der Waals surface area (Å²) >= 11 is 0. The van der Waals surface area contributed by atoms with Gasteiger partial charge in [0.2, 0.25) is 0 Å². The zero-order chi connectivity index (χ0) is 25.2. The summed E-state index contributed by atoms with van der Waals surface area (Å²) in [5.74, 6) is 0.825. The minimum absolute atomic E-state index is 0.333. The minimum atomic E-state index is 0.333. The molecule has 1 aromatic carbocycles. The highest BCUT2D eigenvalue weighted by Crippen LogP contribution is 2.13. The molecule has 0 amide bonds. The van der Waals surface area contributed by atoms with E-state index < -0.39 is 0 Å². The monoisotopic (exact) mass is 496 g/mol. The van der Waals surface area contributed by atoms with Crippen molar-refractivity contribution in [3.8, 4) is 5.75 Å². The Hall–Kier alpha value is -2.24. The molecule has 0 saturated carbocycles. The third kappa shape index (κ3) is 19.7. The van der Waals surface area contributed by atoms with Crippen LogP contribution in [0.5, 0.6) is 5.75 Å². The first-order valence-corrected chi connectivity index (χ1v) is 12.0. The van der Waals surface area contributed by atoms with Crippen molar-refractivity contribution < 1.29 is 33.2 Å². The van der Waals surface area contributed by atoms with E-state index in [4.69, 9.17) is 44.1 Å². The van der Waals surface area contributed by atoms with Gasteiger partial charge in [0, 0.05) is 23.8 Å². The second-order valence-electron chi connectivity index (χ2n) is 7.33. The van der Waals surface area contributed by atoms with E-state index in [0.29, 0.717) is 98.1 Å². The van der Waals surface area contributed by atoms with Crippen LogP contribution < -0.4 is 4.74 Å². The summed E-state index contributed by atoms with van der Waals surface area (Å²) in [6.45, 7) is 8.94. The van der Waals surface area contributed by atoms with Crippen molar-refractivity contribution in [3.05, 3.63) is 40.3 Å². The number of azide groups is 1. The number of hydrogen-bond donors (Lipinski definition) is 1. The van der Waals surface area contributed by atoms with Gasteiger partial charge in [0.25, 0.3) is 0 Å². The van der Waals surface area contributed by atoms with E-state index in [9.17, 15) is 0 Å². The van der Waals surface area contributed by atoms with Crippen molar-refractivity contribution in [2.24, 2.45) is 5.11 Å². The number of hydrogen-bond acceptors (Lipinski definition) is 9. The maximum atomic E-state index is 8.11. The molecule has 1 aromatic rings. The summed E-state index contributed by atoms with van der Waals surface area (Å²) in [5.41, 5.74) is 9.57. The molecule has 1 rings (SSSR count). The smallest absolute Gasteiger partial charge is 0.119 e. The summed E-state index contributed by atoms with van der Waals surface area (Å²) < 4.78 is 38.1. The van der Waals surface area contributed by atoms with Gasteiger partial charge in [-0.15, -0.1) is 0 Å². The number of ether oxygens (including phenoxy) is 7. The fourth-order valence-electron chi connectivity index (χ4n) is 2.65. The van der Waals surface area contributed by atoms with Crippen molar-refractivity contribution in [1.29, 1.82) is 5.41 Å². The quantitative estimate of drug-likeness (QED) is 0.0717. The molecule has 0 aliphatic rings. The lowest BCUT2D eigenvalue weighted by molar-refractivity contribution is -0.0165. The van der Waals surface area contributed by atoms with Crippen LogP contribution in [0.25, 0.3) is 10.4 Å². The van der Waals surface area contributed by atoms with E-state index >= 15 is 0 Å². The SMILES string of the molecule is CC(=N)c1ccc(OCCCCOCCOCCOCCOCCOCCOCCN=[N+]=[N-])cc1. The van der Waals surface area contributed by atoms with Crippen molar-refractivity contribution in [1.82, 2.24) is 0 Å². The van der Waals surface area contributed by atoms with Gasteiger partial charge in [-0.2, -0.15) is 0 Å². The lowest BCUT2D eigenvalue weighted by Gasteiger charge is -2.09. The lowest BCUT2D eigenvalue weighted by atomic mass is 10.1. The second-order valence-corrected chi connectivity index (χ2v) is 7.33. The highest BCUT2D eigenvalue weighted by Gasteiger charge is 1.98. The molecular formula is C24H40N4O7. The van der Waals surface area contributed by atoms with Crippen molar-refractivity contribution in [2.45, 2.75) is 19.8 Å². The Labute approximate surface area is 208 Å². The largest absolute Gasteiger partial charge is 0.494 e. The molecular weight excluding hydrogens is 456 g/mol. The van der Waals surface area contributed by atoms with Crippen LogP contribution >= 0.6 is 0 Å². The average Bonchev–Trinajstić information content (AvgIpc) is 2.87. The predicted octanol–water partition coefficient (Wildman–Crippen LogP) is 3.64. The number of benzene rings is 1. The maximum Gasteiger partial charge on any atom is 0.119 e. The third-order valence-corrected chi connectivity index (χ3v) is 4.50. The minimum Gasteiger partial charge on any atom is -0.494 e. The van der Waals surface area contributed by atoms with Crippen molar-refractivity contribution >= 4 is 5.71 Å². The molecule has 1 N–H and O–H groups in total. The van der Waals surface area contributed by atoms with Crippen LogP contribution in [0.3, 0.4) is 0 Å². The van der Waals surface area contributed by atoms with Crippen LogP contribution in [0.2, 0.25) is 0 Å². The number of rotatable bonds is 25. The van der Waals surface area contributed by atoms with Crippen LogP contribution in [-0.4, -0.2) is 98.1 Å². The number of unbranched alkanes of at least 4 members (excludes halogenated alkanes) is 1. The first-order chi connectivity index (χ1) is 17.2. The molecule has 0 aromatic heterocycles. The molecule has 0 unspecified atom stereocenters. The zero-order valence-corrected chi connectivity index (χ0v) is 20.8. The van der Waals surface area contributed by atoms with E-state index in [-0.39, 0.29) is 0 Å². The molecule has 0 aliphatic heterocycles. The van der Waals surface area contributed by atoms with Gasteiger partial charge < -0.3 is 38.6 Å². The van der Waals surface area contributed by atoms with E-state index in [1.807, 2.05) is 24.3 Å². The molecule has 0 aliphatic carbocycles. The topological polar surface area (TPSA) is 137 Å². The molecule has 11 nitrogen and oxygen atoms in total. The van der Waals surface area contributed by atoms with Crippen LogP contribution in [-0.2, 0) is 28.4 Å². The summed E-state index contributed by atoms with van der Waals surface area (Å²) in [6.07, 6.45) is 1.85. The standard InChI is InChI=1S/C24H40N4O7/c1-22(25)23-4-6-24(7-5-23)35-10-3-2-9-29-12-14-31-16-18-33-20-21-34-19-17-32-15-13-30-11-8-27-28-26/h4-7,25H,2-3,8-21H2,1H3. The van der Waals surface area contributed by atoms with Crippen LogP contribution in [0.15, 0.2) is 29.4 Å². The molecule has 198 valence electrons. The van der Waals surface area contributed by atoms with Gasteiger partial charge in [-0.1, -0.05) is 5.11 Å². The van der Waals surface area contributed by atoms with Gasteiger partial charge in [-0.05, 0) is 55.1 Å². The second kappa shape index (κ2) is 23.5. The number of nitrogens with zero attached hydrogens (tertiary/aromatic N) is 3. The van der Waals surface area contributed by atoms with Crippen molar-refractivity contribution in [3.63, 3.8) is 0 Å². The Balaban J connectivity index is 1.72. The molecule has 0 fully saturated rings. The third-order valence-electron chi connectivity index (χ3n) is 4.50. The molecule has 0 heterocycles. The molecule has 0 atom stereocenters. The van der Waals surface area contributed by atoms with E-state index in [1.165, 1.54) is 0 Å². The molecule has 0 radical (unpaired) electrons. The van der Waals surface area contributed by atoms with Crippen LogP contribution in [0.4, 0.5) is 0 Å². The average molecular weight is 497 g/mol. The van der Waals surface area contributed by atoms with Crippen molar-refractivity contribution in [2.75, 3.05) is 92.4 Å². The molecule has 0 bridgehead atoms. The Morgan fingerprint density at radius 2 is 1.11 bits per heavy atom. The Kier molecular flexibility index (Phi) is 20.7. The summed E-state index contributed by atoms with van der Waals surface area (Å²) in [5, 5.41) is 11.0.